The zero-order chi connectivity index (χ0) is 22.3. The van der Waals surface area contributed by atoms with Gasteiger partial charge in [-0.1, -0.05) is 41.9 Å². The van der Waals surface area contributed by atoms with Gasteiger partial charge in [0.1, 0.15) is 0 Å². The summed E-state index contributed by atoms with van der Waals surface area (Å²) in [5.74, 6) is 0.480. The van der Waals surface area contributed by atoms with Crippen LogP contribution in [0.4, 0.5) is 5.69 Å². The van der Waals surface area contributed by atoms with Crippen LogP contribution in [0, 0.1) is 0 Å². The second kappa shape index (κ2) is 8.79. The predicted molar refractivity (Wildman–Crippen MR) is 129 cm³/mol. The molecule has 1 amide bonds. The molecule has 3 aliphatic rings. The summed E-state index contributed by atoms with van der Waals surface area (Å²) in [5, 5.41) is 4.28. The van der Waals surface area contributed by atoms with Crippen LogP contribution in [0.5, 0.6) is 0 Å². The summed E-state index contributed by atoms with van der Waals surface area (Å²) in [4.78, 5) is 18.1. The number of amides is 1. The summed E-state index contributed by atoms with van der Waals surface area (Å²) >= 11 is 6.08. The van der Waals surface area contributed by atoms with Gasteiger partial charge in [-0.15, -0.1) is 0 Å². The van der Waals surface area contributed by atoms with Crippen LogP contribution in [0.1, 0.15) is 37.3 Å². The first-order valence-electron chi connectivity index (χ1n) is 11.7. The SMILES string of the molecule is CC1CN(CCNCCN2C(=O)[C@@]3(C[C@H]3c3ccc(Cl)cc3)c3ccccc32)CC(C)O1. The molecule has 5 nitrogen and oxygen atoms in total. The van der Waals surface area contributed by atoms with Crippen LogP contribution in [0.15, 0.2) is 48.5 Å². The molecule has 170 valence electrons. The van der Waals surface area contributed by atoms with Crippen LogP contribution in [0.3, 0.4) is 0 Å². The molecule has 0 radical (unpaired) electrons. The van der Waals surface area contributed by atoms with E-state index in [-0.39, 0.29) is 11.8 Å². The minimum atomic E-state index is -0.398. The highest BCUT2D eigenvalue weighted by Crippen LogP contribution is 2.66. The number of hydrogen-bond acceptors (Lipinski definition) is 4. The number of para-hydroxylation sites is 1. The largest absolute Gasteiger partial charge is 0.373 e. The van der Waals surface area contributed by atoms with Crippen molar-refractivity contribution in [3.05, 3.63) is 64.7 Å². The van der Waals surface area contributed by atoms with Gasteiger partial charge < -0.3 is 15.0 Å². The lowest BCUT2D eigenvalue weighted by Gasteiger charge is -2.35. The van der Waals surface area contributed by atoms with Gasteiger partial charge >= 0.3 is 0 Å². The first kappa shape index (κ1) is 21.9. The third-order valence-electron chi connectivity index (χ3n) is 7.15. The lowest BCUT2D eigenvalue weighted by molar-refractivity contribution is -0.120. The van der Waals surface area contributed by atoms with E-state index in [0.717, 1.165) is 49.9 Å². The number of anilines is 1. The molecular weight excluding hydrogens is 422 g/mol. The van der Waals surface area contributed by atoms with E-state index >= 15 is 0 Å². The van der Waals surface area contributed by atoms with Crippen LogP contribution in [0.25, 0.3) is 0 Å². The Morgan fingerprint density at radius 3 is 2.47 bits per heavy atom. The third kappa shape index (κ3) is 3.96. The van der Waals surface area contributed by atoms with E-state index in [9.17, 15) is 4.79 Å². The van der Waals surface area contributed by atoms with Crippen molar-refractivity contribution in [2.75, 3.05) is 44.2 Å². The van der Waals surface area contributed by atoms with Gasteiger partial charge in [0.15, 0.2) is 0 Å². The summed E-state index contributed by atoms with van der Waals surface area (Å²) in [7, 11) is 0. The summed E-state index contributed by atoms with van der Waals surface area (Å²) in [6.07, 6.45) is 1.46. The summed E-state index contributed by atoms with van der Waals surface area (Å²) in [6, 6.07) is 16.3. The molecule has 4 atom stereocenters. The quantitative estimate of drug-likeness (QED) is 0.647. The van der Waals surface area contributed by atoms with Gasteiger partial charge in [-0.25, -0.2) is 0 Å². The lowest BCUT2D eigenvalue weighted by Crippen LogP contribution is -2.48. The maximum absolute atomic E-state index is 13.6. The van der Waals surface area contributed by atoms with Crippen molar-refractivity contribution < 1.29 is 9.53 Å². The highest BCUT2D eigenvalue weighted by atomic mass is 35.5. The highest BCUT2D eigenvalue weighted by molar-refractivity contribution is 6.30. The molecule has 2 aromatic rings. The molecule has 1 saturated carbocycles. The number of hydrogen-bond donors (Lipinski definition) is 1. The fourth-order valence-corrected chi connectivity index (χ4v) is 5.81. The number of benzene rings is 2. The minimum Gasteiger partial charge on any atom is -0.373 e. The number of carbonyl (C=O) groups is 1. The van der Waals surface area contributed by atoms with Crippen LogP contribution in [0.2, 0.25) is 5.02 Å². The molecule has 2 aliphatic heterocycles. The molecule has 2 fully saturated rings. The molecule has 0 aromatic heterocycles. The average Bonchev–Trinajstić information content (AvgIpc) is 3.47. The van der Waals surface area contributed by atoms with Gasteiger partial charge in [0.2, 0.25) is 5.91 Å². The van der Waals surface area contributed by atoms with Crippen molar-refractivity contribution in [1.29, 1.82) is 0 Å². The summed E-state index contributed by atoms with van der Waals surface area (Å²) in [6.45, 7) is 9.65. The molecule has 2 unspecified atom stereocenters. The van der Waals surface area contributed by atoms with Gasteiger partial charge in [-0.3, -0.25) is 9.69 Å². The van der Waals surface area contributed by atoms with E-state index in [4.69, 9.17) is 16.3 Å². The smallest absolute Gasteiger partial charge is 0.238 e. The number of fused-ring (bicyclic) bond motifs is 2. The van der Waals surface area contributed by atoms with E-state index in [0.29, 0.717) is 18.8 Å². The van der Waals surface area contributed by atoms with Gasteiger partial charge in [-0.05, 0) is 49.6 Å². The fourth-order valence-electron chi connectivity index (χ4n) is 5.69. The van der Waals surface area contributed by atoms with Crippen molar-refractivity contribution in [2.45, 2.75) is 43.8 Å². The Bertz CT molecular complexity index is 971. The first-order chi connectivity index (χ1) is 15.5. The molecule has 1 N–H and O–H groups in total. The van der Waals surface area contributed by atoms with Crippen molar-refractivity contribution in [3.63, 3.8) is 0 Å². The number of halogens is 1. The van der Waals surface area contributed by atoms with E-state index < -0.39 is 5.41 Å². The van der Waals surface area contributed by atoms with Crippen LogP contribution in [-0.2, 0) is 14.9 Å². The zero-order valence-corrected chi connectivity index (χ0v) is 19.6. The zero-order valence-electron chi connectivity index (χ0n) is 18.9. The summed E-state index contributed by atoms with van der Waals surface area (Å²) < 4.78 is 5.82. The molecule has 1 aliphatic carbocycles. The third-order valence-corrected chi connectivity index (χ3v) is 7.40. The van der Waals surface area contributed by atoms with E-state index in [1.54, 1.807) is 0 Å². The number of ether oxygens (including phenoxy) is 1. The van der Waals surface area contributed by atoms with Crippen molar-refractivity contribution >= 4 is 23.2 Å². The van der Waals surface area contributed by atoms with Gasteiger partial charge in [0, 0.05) is 55.9 Å². The Morgan fingerprint density at radius 2 is 1.72 bits per heavy atom. The Labute approximate surface area is 195 Å². The van der Waals surface area contributed by atoms with Crippen LogP contribution >= 0.6 is 11.6 Å². The van der Waals surface area contributed by atoms with E-state index in [2.05, 4.69) is 54.4 Å². The topological polar surface area (TPSA) is 44.8 Å². The molecule has 5 rings (SSSR count). The Kier molecular flexibility index (Phi) is 6.01. The minimum absolute atomic E-state index is 0.233. The second-order valence-electron chi connectivity index (χ2n) is 9.52. The molecule has 1 saturated heterocycles. The molecule has 2 aromatic carbocycles. The maximum Gasteiger partial charge on any atom is 0.238 e. The lowest BCUT2D eigenvalue weighted by atomic mass is 9.92. The molecule has 1 spiro atoms. The predicted octanol–water partition coefficient (Wildman–Crippen LogP) is 3.81. The normalized spacial score (nSPS) is 29.5. The standard InChI is InChI=1S/C26H32ClN3O2/c1-18-16-29(17-19(2)32-18)13-11-28-12-14-30-24-6-4-3-5-22(24)26(25(30)31)15-23(26)20-7-9-21(27)10-8-20/h3-10,18-19,23,28H,11-17H2,1-2H3/t18?,19?,23-,26-/m0/s1. The first-order valence-corrected chi connectivity index (χ1v) is 12.1. The second-order valence-corrected chi connectivity index (χ2v) is 9.96. The Balaban J connectivity index is 1.20. The molecule has 2 heterocycles. The Hall–Kier alpha value is -1.92. The van der Waals surface area contributed by atoms with Crippen LogP contribution < -0.4 is 10.2 Å². The van der Waals surface area contributed by atoms with Crippen molar-refractivity contribution in [3.8, 4) is 0 Å². The average molecular weight is 454 g/mol. The number of morpholine rings is 1. The van der Waals surface area contributed by atoms with Gasteiger partial charge in [0.05, 0.1) is 17.6 Å². The van der Waals surface area contributed by atoms with Crippen molar-refractivity contribution in [1.82, 2.24) is 10.2 Å². The number of carbonyl (C=O) groups excluding carboxylic acids is 1. The number of nitrogens with one attached hydrogen (secondary N) is 1. The van der Waals surface area contributed by atoms with Gasteiger partial charge in [-0.2, -0.15) is 0 Å². The number of rotatable bonds is 7. The van der Waals surface area contributed by atoms with Crippen LogP contribution in [-0.4, -0.2) is 62.3 Å². The fraction of sp³-hybridized carbons (Fsp3) is 0.500. The van der Waals surface area contributed by atoms with E-state index in [1.165, 1.54) is 11.1 Å². The molecule has 32 heavy (non-hydrogen) atoms. The Morgan fingerprint density at radius 1 is 1.03 bits per heavy atom. The highest BCUT2D eigenvalue weighted by Gasteiger charge is 2.66. The van der Waals surface area contributed by atoms with E-state index in [1.807, 2.05) is 23.1 Å². The molecule has 6 heteroatoms. The van der Waals surface area contributed by atoms with Gasteiger partial charge in [0.25, 0.3) is 0 Å². The number of nitrogens with zero attached hydrogens (tertiary/aromatic N) is 2. The monoisotopic (exact) mass is 453 g/mol. The molecule has 0 bridgehead atoms. The summed E-state index contributed by atoms with van der Waals surface area (Å²) in [5.41, 5.74) is 3.06. The molecular formula is C26H32ClN3O2. The van der Waals surface area contributed by atoms with Crippen molar-refractivity contribution in [2.24, 2.45) is 0 Å². The maximum atomic E-state index is 13.6.